The fourth-order valence-corrected chi connectivity index (χ4v) is 5.25. The van der Waals surface area contributed by atoms with E-state index in [0.29, 0.717) is 24.9 Å². The van der Waals surface area contributed by atoms with Gasteiger partial charge in [0.25, 0.3) is 0 Å². The van der Waals surface area contributed by atoms with E-state index >= 15 is 0 Å². The zero-order valence-electron chi connectivity index (χ0n) is 19.2. The number of unbranched alkanes of at least 4 members (excludes halogenated alkanes) is 4. The summed E-state index contributed by atoms with van der Waals surface area (Å²) in [6.45, 7) is 1.67. The van der Waals surface area contributed by atoms with Gasteiger partial charge in [-0.05, 0) is 69.1 Å². The van der Waals surface area contributed by atoms with Crippen LogP contribution >= 0.6 is 11.8 Å². The van der Waals surface area contributed by atoms with E-state index in [9.17, 15) is 14.4 Å². The van der Waals surface area contributed by atoms with E-state index in [0.717, 1.165) is 28.5 Å². The molecule has 1 aliphatic carbocycles. The number of carbonyl (C=O) groups is 3. The van der Waals surface area contributed by atoms with E-state index in [1.807, 2.05) is 35.8 Å². The maximum Gasteiger partial charge on any atom is 0.243 e. The van der Waals surface area contributed by atoms with Gasteiger partial charge in [0, 0.05) is 29.5 Å². The normalized spacial score (nSPS) is 19.1. The number of nitrogens with one attached hydrogen (secondary N) is 2. The van der Waals surface area contributed by atoms with Gasteiger partial charge in [0.15, 0.2) is 0 Å². The van der Waals surface area contributed by atoms with Gasteiger partial charge < -0.3 is 5.32 Å². The summed E-state index contributed by atoms with van der Waals surface area (Å²) < 4.78 is 0. The Morgan fingerprint density at radius 2 is 1.91 bits per heavy atom. The van der Waals surface area contributed by atoms with Crippen LogP contribution in [0.2, 0.25) is 0 Å². The molecule has 3 rings (SSSR count). The third kappa shape index (κ3) is 7.71. The van der Waals surface area contributed by atoms with Gasteiger partial charge in [-0.3, -0.25) is 24.6 Å². The second-order valence-corrected chi connectivity index (χ2v) is 10.2. The van der Waals surface area contributed by atoms with Crippen molar-refractivity contribution in [3.8, 4) is 0 Å². The molecule has 7 heteroatoms. The number of aldehydes is 1. The van der Waals surface area contributed by atoms with Gasteiger partial charge in [0.1, 0.15) is 6.29 Å². The van der Waals surface area contributed by atoms with Crippen molar-refractivity contribution in [3.05, 3.63) is 29.3 Å². The second-order valence-electron chi connectivity index (χ2n) is 9.06. The minimum Gasteiger partial charge on any atom is -0.314 e. The van der Waals surface area contributed by atoms with Crippen LogP contribution in [0.4, 0.5) is 0 Å². The van der Waals surface area contributed by atoms with Gasteiger partial charge >= 0.3 is 0 Å². The summed E-state index contributed by atoms with van der Waals surface area (Å²) in [4.78, 5) is 38.1. The van der Waals surface area contributed by atoms with Gasteiger partial charge in [-0.2, -0.15) is 0 Å². The number of likely N-dealkylation sites (N-methyl/N-ethyl adjacent to an activating group) is 1. The first-order chi connectivity index (χ1) is 15.6. The lowest BCUT2D eigenvalue weighted by atomic mass is 9.93. The van der Waals surface area contributed by atoms with Crippen molar-refractivity contribution in [2.24, 2.45) is 0 Å². The highest BCUT2D eigenvalue weighted by Crippen LogP contribution is 2.25. The Morgan fingerprint density at radius 3 is 2.62 bits per heavy atom. The second kappa shape index (κ2) is 13.1. The van der Waals surface area contributed by atoms with E-state index in [1.165, 1.54) is 57.9 Å². The molecule has 0 radical (unpaired) electrons. The number of imide groups is 1. The molecule has 1 heterocycles. The average molecular weight is 460 g/mol. The van der Waals surface area contributed by atoms with Crippen molar-refractivity contribution < 1.29 is 14.4 Å². The Hall–Kier alpha value is -1.70. The van der Waals surface area contributed by atoms with Gasteiger partial charge in [-0.1, -0.05) is 31.7 Å². The number of hydrogen-bond donors (Lipinski definition) is 2. The highest BCUT2D eigenvalue weighted by Gasteiger charge is 2.30. The highest BCUT2D eigenvalue weighted by molar-refractivity contribution is 7.99. The average Bonchev–Trinajstić information content (AvgIpc) is 2.74. The van der Waals surface area contributed by atoms with Crippen LogP contribution in [0.25, 0.3) is 0 Å². The Labute approximate surface area is 196 Å². The fraction of sp³-hybridized carbons (Fsp3) is 0.640. The van der Waals surface area contributed by atoms with Crippen LogP contribution in [0.5, 0.6) is 0 Å². The molecule has 6 nitrogen and oxygen atoms in total. The summed E-state index contributed by atoms with van der Waals surface area (Å²) in [7, 11) is 1.87. The minimum absolute atomic E-state index is 0.211. The molecule has 1 saturated heterocycles. The zero-order valence-corrected chi connectivity index (χ0v) is 20.1. The zero-order chi connectivity index (χ0) is 22.8. The van der Waals surface area contributed by atoms with E-state index < -0.39 is 0 Å². The molecule has 1 aromatic carbocycles. The Balaban J connectivity index is 1.37. The lowest BCUT2D eigenvalue weighted by molar-refractivity contribution is -0.137. The summed E-state index contributed by atoms with van der Waals surface area (Å²) in [5.74, 6) is 0.612. The summed E-state index contributed by atoms with van der Waals surface area (Å²) in [6.07, 6.45) is 12.2. The van der Waals surface area contributed by atoms with Crippen molar-refractivity contribution in [3.63, 3.8) is 0 Å². The molecule has 2 amide bonds. The van der Waals surface area contributed by atoms with Crippen LogP contribution in [-0.2, 0) is 16.1 Å². The lowest BCUT2D eigenvalue weighted by Gasteiger charge is -2.30. The van der Waals surface area contributed by atoms with Crippen LogP contribution in [0.15, 0.2) is 23.1 Å². The van der Waals surface area contributed by atoms with Gasteiger partial charge in [-0.15, -0.1) is 11.8 Å². The topological polar surface area (TPSA) is 78.5 Å². The largest absolute Gasteiger partial charge is 0.314 e. The van der Waals surface area contributed by atoms with E-state index in [-0.39, 0.29) is 17.9 Å². The predicted octanol–water partition coefficient (Wildman–Crippen LogP) is 3.92. The van der Waals surface area contributed by atoms with Crippen LogP contribution in [-0.4, -0.2) is 54.4 Å². The molecule has 176 valence electrons. The number of amides is 2. The van der Waals surface area contributed by atoms with Crippen LogP contribution in [0.3, 0.4) is 0 Å². The van der Waals surface area contributed by atoms with Crippen LogP contribution < -0.4 is 10.6 Å². The number of hydrogen-bond acceptors (Lipinski definition) is 6. The molecule has 0 aromatic heterocycles. The first-order valence-corrected chi connectivity index (χ1v) is 13.0. The molecular formula is C25H37N3O3S. The molecule has 1 aromatic rings. The molecule has 1 atom stereocenters. The number of piperidine rings is 1. The summed E-state index contributed by atoms with van der Waals surface area (Å²) >= 11 is 1.83. The molecule has 1 aliphatic heterocycles. The summed E-state index contributed by atoms with van der Waals surface area (Å²) in [6, 6.07) is 6.41. The number of rotatable bonds is 14. The molecule has 1 unspecified atom stereocenters. The van der Waals surface area contributed by atoms with Crippen molar-refractivity contribution in [2.75, 3.05) is 19.3 Å². The molecule has 2 N–H and O–H groups in total. The first kappa shape index (κ1) is 24.9. The molecule has 1 saturated carbocycles. The number of thioether (sulfide) groups is 1. The Bertz CT molecular complexity index is 782. The van der Waals surface area contributed by atoms with Gasteiger partial charge in [-0.25, -0.2) is 0 Å². The van der Waals surface area contributed by atoms with E-state index in [4.69, 9.17) is 0 Å². The molecule has 2 fully saturated rings. The monoisotopic (exact) mass is 459 g/mol. The number of benzene rings is 1. The van der Waals surface area contributed by atoms with Crippen LogP contribution in [0.1, 0.15) is 80.1 Å². The van der Waals surface area contributed by atoms with Crippen molar-refractivity contribution >= 4 is 29.9 Å². The number of carbonyl (C=O) groups excluding carboxylic acids is 3. The minimum atomic E-state index is -0.340. The smallest absolute Gasteiger partial charge is 0.243 e. The van der Waals surface area contributed by atoms with Gasteiger partial charge in [0.05, 0.1) is 6.04 Å². The third-order valence-electron chi connectivity index (χ3n) is 6.53. The Morgan fingerprint density at radius 1 is 1.12 bits per heavy atom. The van der Waals surface area contributed by atoms with E-state index in [1.54, 1.807) is 0 Å². The Kier molecular flexibility index (Phi) is 10.2. The molecule has 32 heavy (non-hydrogen) atoms. The summed E-state index contributed by atoms with van der Waals surface area (Å²) in [5, 5.41) is 6.03. The van der Waals surface area contributed by atoms with Crippen molar-refractivity contribution in [2.45, 2.75) is 87.7 Å². The number of nitrogens with zero attached hydrogens (tertiary/aromatic N) is 1. The van der Waals surface area contributed by atoms with Gasteiger partial charge in [0.2, 0.25) is 11.8 Å². The quantitative estimate of drug-likeness (QED) is 0.190. The third-order valence-corrected chi connectivity index (χ3v) is 7.61. The van der Waals surface area contributed by atoms with Crippen LogP contribution in [0, 0.1) is 0 Å². The molecule has 0 spiro atoms. The van der Waals surface area contributed by atoms with Crippen molar-refractivity contribution in [1.82, 2.24) is 15.5 Å². The molecule has 0 bridgehead atoms. The van der Waals surface area contributed by atoms with Crippen molar-refractivity contribution in [1.29, 1.82) is 0 Å². The summed E-state index contributed by atoms with van der Waals surface area (Å²) in [5.41, 5.74) is 1.58. The fourth-order valence-electron chi connectivity index (χ4n) is 4.27. The highest BCUT2D eigenvalue weighted by atomic mass is 32.2. The molecule has 2 aliphatic rings. The molecular weight excluding hydrogens is 422 g/mol. The standard InChI is InChI=1S/C25H37N3O3S/c1-28(23-12-13-24(30)27-25(23)31)17-20-16-22(11-10-19(20)18-29)32-15-6-4-2-3-5-14-26-21-8-7-9-21/h10-11,16,18,21,23,26H,2-9,12-15,17H2,1H3,(H,27,30,31). The van der Waals surface area contributed by atoms with E-state index in [2.05, 4.69) is 16.7 Å². The first-order valence-electron chi connectivity index (χ1n) is 12.0. The maximum atomic E-state index is 12.1. The SMILES string of the molecule is CN(Cc1cc(SCCCCCCCNC2CCC2)ccc1C=O)C1CCC(=O)NC1=O. The maximum absolute atomic E-state index is 12.1. The lowest BCUT2D eigenvalue weighted by Crippen LogP contribution is -2.51. The predicted molar refractivity (Wildman–Crippen MR) is 129 cm³/mol.